The Morgan fingerprint density at radius 2 is 2.00 bits per heavy atom. The molecule has 160 valence electrons. The van der Waals surface area contributed by atoms with Crippen LogP contribution in [-0.2, 0) is 0 Å². The van der Waals surface area contributed by atoms with Crippen LogP contribution < -0.4 is 15.2 Å². The maximum absolute atomic E-state index is 13.2. The number of aromatic nitrogens is 3. The molecule has 0 aliphatic heterocycles. The first-order valence-corrected chi connectivity index (χ1v) is 11.1. The Hall–Kier alpha value is -3.27. The summed E-state index contributed by atoms with van der Waals surface area (Å²) in [5.74, 6) is 0.392. The first-order valence-electron chi connectivity index (χ1n) is 9.45. The molecule has 10 heteroatoms. The molecule has 3 heterocycles. The van der Waals surface area contributed by atoms with E-state index in [1.54, 1.807) is 6.07 Å². The van der Waals surface area contributed by atoms with Gasteiger partial charge in [-0.1, -0.05) is 29.0 Å². The molecule has 0 bridgehead atoms. The smallest absolute Gasteiger partial charge is 0.290 e. The molecular weight excluding hydrogens is 468 g/mol. The summed E-state index contributed by atoms with van der Waals surface area (Å²) in [6.07, 6.45) is 1.49. The third kappa shape index (κ3) is 3.44. The minimum atomic E-state index is -0.412. The molecule has 0 amide bonds. The highest BCUT2D eigenvalue weighted by atomic mass is 35.5. The lowest BCUT2D eigenvalue weighted by molar-refractivity contribution is 0.404. The average Bonchev–Trinajstić information content (AvgIpc) is 3.21. The number of hydrogen-bond acceptors (Lipinski definition) is 8. The summed E-state index contributed by atoms with van der Waals surface area (Å²) in [4.78, 5) is 23.9. The van der Waals surface area contributed by atoms with E-state index in [0.717, 1.165) is 21.6 Å². The molecule has 0 saturated heterocycles. The molecule has 0 fully saturated rings. The first kappa shape index (κ1) is 20.6. The zero-order chi connectivity index (χ0) is 22.4. The number of fused-ring (bicyclic) bond motifs is 2. The van der Waals surface area contributed by atoms with Gasteiger partial charge >= 0.3 is 0 Å². The molecule has 0 aliphatic carbocycles. The zero-order valence-corrected chi connectivity index (χ0v) is 19.3. The molecule has 7 nitrogen and oxygen atoms in total. The van der Waals surface area contributed by atoms with E-state index in [9.17, 15) is 4.79 Å². The Balaban J connectivity index is 1.63. The van der Waals surface area contributed by atoms with Crippen molar-refractivity contribution in [2.24, 2.45) is 0 Å². The molecule has 5 aromatic rings. The van der Waals surface area contributed by atoms with Crippen LogP contribution >= 0.6 is 35.2 Å². The molecule has 0 saturated carbocycles. The van der Waals surface area contributed by atoms with Crippen molar-refractivity contribution in [2.75, 3.05) is 19.1 Å². The minimum Gasteiger partial charge on any atom is -0.493 e. The number of rotatable bonds is 4. The molecular formula is C22H15ClN4O3S2. The largest absolute Gasteiger partial charge is 0.493 e. The predicted molar refractivity (Wildman–Crippen MR) is 130 cm³/mol. The third-order valence-corrected chi connectivity index (χ3v) is 6.51. The summed E-state index contributed by atoms with van der Waals surface area (Å²) in [5.41, 5.74) is 2.58. The summed E-state index contributed by atoms with van der Waals surface area (Å²) >= 11 is 12.8. The first-order chi connectivity index (χ1) is 15.5. The second kappa shape index (κ2) is 8.01. The molecule has 0 atom stereocenters. The number of hydrogen-bond donors (Lipinski definition) is 0. The van der Waals surface area contributed by atoms with Crippen LogP contribution in [0.5, 0.6) is 5.75 Å². The zero-order valence-electron chi connectivity index (χ0n) is 16.9. The van der Waals surface area contributed by atoms with Gasteiger partial charge in [0.05, 0.1) is 17.3 Å². The molecule has 0 radical (unpaired) electrons. The van der Waals surface area contributed by atoms with E-state index < -0.39 is 5.56 Å². The van der Waals surface area contributed by atoms with Crippen LogP contribution in [0.15, 0.2) is 63.9 Å². The third-order valence-electron chi connectivity index (χ3n) is 5.00. The van der Waals surface area contributed by atoms with E-state index in [0.29, 0.717) is 15.9 Å². The number of thiazole rings is 1. The number of halogens is 1. The van der Waals surface area contributed by atoms with Crippen molar-refractivity contribution in [1.29, 1.82) is 0 Å². The van der Waals surface area contributed by atoms with Crippen molar-refractivity contribution in [1.82, 2.24) is 14.5 Å². The van der Waals surface area contributed by atoms with Gasteiger partial charge in [-0.2, -0.15) is 0 Å². The second-order valence-corrected chi connectivity index (χ2v) is 8.68. The lowest BCUT2D eigenvalue weighted by Gasteiger charge is -2.19. The molecule has 0 N–H and O–H groups in total. The van der Waals surface area contributed by atoms with Crippen LogP contribution in [-0.4, -0.2) is 28.7 Å². The Morgan fingerprint density at radius 3 is 2.78 bits per heavy atom. The van der Waals surface area contributed by atoms with Crippen molar-refractivity contribution in [3.63, 3.8) is 0 Å². The quantitative estimate of drug-likeness (QED) is 0.302. The van der Waals surface area contributed by atoms with Gasteiger partial charge in [0.1, 0.15) is 0 Å². The predicted octanol–water partition coefficient (Wildman–Crippen LogP) is 5.75. The monoisotopic (exact) mass is 482 g/mol. The van der Waals surface area contributed by atoms with Crippen LogP contribution in [0.1, 0.15) is 0 Å². The molecule has 3 aromatic heterocycles. The van der Waals surface area contributed by atoms with Crippen molar-refractivity contribution < 1.29 is 9.15 Å². The van der Waals surface area contributed by atoms with Gasteiger partial charge in [-0.3, -0.25) is 4.79 Å². The van der Waals surface area contributed by atoms with Gasteiger partial charge in [-0.25, -0.2) is 14.5 Å². The Bertz CT molecular complexity index is 1610. The van der Waals surface area contributed by atoms with Gasteiger partial charge in [0.15, 0.2) is 11.3 Å². The van der Waals surface area contributed by atoms with Crippen molar-refractivity contribution >= 4 is 67.8 Å². The van der Waals surface area contributed by atoms with Crippen LogP contribution in [0.3, 0.4) is 0 Å². The van der Waals surface area contributed by atoms with E-state index in [1.807, 2.05) is 54.4 Å². The number of nitrogens with zero attached hydrogens (tertiary/aromatic N) is 4. The van der Waals surface area contributed by atoms with Gasteiger partial charge in [0, 0.05) is 35.7 Å². The van der Waals surface area contributed by atoms with Crippen LogP contribution in [0.25, 0.3) is 26.4 Å². The fourth-order valence-corrected chi connectivity index (χ4v) is 4.86. The van der Waals surface area contributed by atoms with E-state index in [-0.39, 0.29) is 15.9 Å². The molecule has 0 spiro atoms. The summed E-state index contributed by atoms with van der Waals surface area (Å²) < 4.78 is 13.1. The second-order valence-electron chi connectivity index (χ2n) is 6.89. The minimum absolute atomic E-state index is 0.0240. The molecule has 0 aliphatic rings. The maximum Gasteiger partial charge on any atom is 0.290 e. The molecule has 5 rings (SSSR count). The lowest BCUT2D eigenvalue weighted by atomic mass is 10.2. The van der Waals surface area contributed by atoms with Crippen molar-refractivity contribution in [3.8, 4) is 10.9 Å². The highest BCUT2D eigenvalue weighted by Crippen LogP contribution is 2.32. The highest BCUT2D eigenvalue weighted by Gasteiger charge is 2.17. The maximum atomic E-state index is 13.2. The van der Waals surface area contributed by atoms with Crippen LogP contribution in [0, 0.1) is 4.84 Å². The standard InChI is InChI=1S/C22H15ClN4O3S2/c1-26(13-5-3-4-12(23)10-13)14-6-7-15-17(11-14)32-21(25-15)27-20(28)18-19(30-22(27)31)16(29-2)8-9-24-18/h3-11H,1-2H3. The van der Waals surface area contributed by atoms with Crippen molar-refractivity contribution in [3.05, 3.63) is 74.9 Å². The normalized spacial score (nSPS) is 11.2. The Morgan fingerprint density at radius 1 is 1.19 bits per heavy atom. The Kier molecular flexibility index (Phi) is 5.16. The summed E-state index contributed by atoms with van der Waals surface area (Å²) in [6, 6.07) is 15.1. The van der Waals surface area contributed by atoms with Gasteiger partial charge in [-0.05, 0) is 48.6 Å². The highest BCUT2D eigenvalue weighted by molar-refractivity contribution is 7.71. The van der Waals surface area contributed by atoms with Crippen molar-refractivity contribution in [2.45, 2.75) is 0 Å². The SMILES string of the molecule is COc1ccnc2c(=O)n(-c3nc4ccc(N(C)c5cccc(Cl)c5)cc4s3)c(=S)oc12. The summed E-state index contributed by atoms with van der Waals surface area (Å²) in [5, 5.41) is 1.07. The number of ether oxygens (including phenoxy) is 1. The topological polar surface area (TPSA) is 73.4 Å². The molecule has 0 unspecified atom stereocenters. The van der Waals surface area contributed by atoms with E-state index in [2.05, 4.69) is 9.97 Å². The summed E-state index contributed by atoms with van der Waals surface area (Å²) in [7, 11) is 3.45. The van der Waals surface area contributed by atoms with E-state index in [4.69, 9.17) is 33.0 Å². The van der Waals surface area contributed by atoms with E-state index in [1.165, 1.54) is 29.2 Å². The molecule has 32 heavy (non-hydrogen) atoms. The fraction of sp³-hybridized carbons (Fsp3) is 0.0909. The Labute approximate surface area is 196 Å². The van der Waals surface area contributed by atoms with E-state index >= 15 is 0 Å². The van der Waals surface area contributed by atoms with Crippen LogP contribution in [0.2, 0.25) is 5.02 Å². The van der Waals surface area contributed by atoms with Gasteiger partial charge in [-0.15, -0.1) is 0 Å². The number of benzene rings is 2. The number of methoxy groups -OCH3 is 1. The number of pyridine rings is 1. The fourth-order valence-electron chi connectivity index (χ4n) is 3.37. The number of anilines is 2. The van der Waals surface area contributed by atoms with Gasteiger partial charge < -0.3 is 14.1 Å². The van der Waals surface area contributed by atoms with Gasteiger partial charge in [0.2, 0.25) is 10.7 Å². The summed E-state index contributed by atoms with van der Waals surface area (Å²) in [6.45, 7) is 0. The van der Waals surface area contributed by atoms with Crippen LogP contribution in [0.4, 0.5) is 11.4 Å². The average molecular weight is 483 g/mol. The lowest BCUT2D eigenvalue weighted by Crippen LogP contribution is -2.20. The molecule has 2 aromatic carbocycles. The van der Waals surface area contributed by atoms with Gasteiger partial charge in [0.25, 0.3) is 10.4 Å².